The summed E-state index contributed by atoms with van der Waals surface area (Å²) in [4.78, 5) is 4.41. The molecule has 0 aliphatic carbocycles. The Bertz CT molecular complexity index is 627. The zero-order valence-electron chi connectivity index (χ0n) is 9.42. The van der Waals surface area contributed by atoms with Crippen LogP contribution in [0.25, 0.3) is 5.65 Å². The fourth-order valence-electron chi connectivity index (χ4n) is 1.69. The third kappa shape index (κ3) is 1.87. The maximum atomic E-state index is 5.23. The normalized spacial score (nSPS) is 10.9. The molecule has 0 radical (unpaired) electrons. The second-order valence-electron chi connectivity index (χ2n) is 3.83. The number of aryl methyl sites for hydroxylation is 1. The Morgan fingerprint density at radius 2 is 2.29 bits per heavy atom. The topological polar surface area (TPSA) is 55.4 Å². The van der Waals surface area contributed by atoms with Crippen molar-refractivity contribution in [2.45, 2.75) is 13.5 Å². The fraction of sp³-hybridized carbons (Fsp3) is 0.167. The molecule has 0 atom stereocenters. The number of nitrogens with one attached hydrogen (secondary N) is 1. The van der Waals surface area contributed by atoms with E-state index in [1.54, 1.807) is 10.8 Å². The number of furan rings is 1. The lowest BCUT2D eigenvalue weighted by Crippen LogP contribution is -1.99. The van der Waals surface area contributed by atoms with Crippen LogP contribution in [0.3, 0.4) is 0 Å². The van der Waals surface area contributed by atoms with Crippen molar-refractivity contribution in [3.05, 3.63) is 48.0 Å². The highest BCUT2D eigenvalue weighted by Gasteiger charge is 2.05. The predicted molar refractivity (Wildman–Crippen MR) is 63.8 cm³/mol. The summed E-state index contributed by atoms with van der Waals surface area (Å²) in [6.45, 7) is 2.60. The molecule has 17 heavy (non-hydrogen) atoms. The summed E-state index contributed by atoms with van der Waals surface area (Å²) >= 11 is 0. The van der Waals surface area contributed by atoms with E-state index in [1.165, 1.54) is 0 Å². The average molecular weight is 228 g/mol. The Balaban J connectivity index is 1.84. The minimum absolute atomic E-state index is 0.586. The number of fused-ring (bicyclic) bond motifs is 1. The standard InChI is InChI=1S/C12H12N4O/c1-9-4-2-6-16-11(9)14-12(15-16)13-8-10-5-3-7-17-10/h2-7H,8H2,1H3,(H,13,15). The van der Waals surface area contributed by atoms with Crippen LogP contribution in [0.15, 0.2) is 41.1 Å². The molecule has 5 heteroatoms. The SMILES string of the molecule is Cc1cccn2nc(NCc3ccco3)nc12. The molecule has 0 amide bonds. The van der Waals surface area contributed by atoms with Crippen molar-refractivity contribution in [2.75, 3.05) is 5.32 Å². The monoisotopic (exact) mass is 228 g/mol. The Labute approximate surface area is 98.1 Å². The van der Waals surface area contributed by atoms with Crippen LogP contribution in [-0.2, 0) is 6.54 Å². The van der Waals surface area contributed by atoms with Crippen molar-refractivity contribution in [2.24, 2.45) is 0 Å². The Morgan fingerprint density at radius 3 is 3.06 bits per heavy atom. The van der Waals surface area contributed by atoms with Crippen LogP contribution in [0.1, 0.15) is 11.3 Å². The van der Waals surface area contributed by atoms with E-state index in [0.717, 1.165) is 17.0 Å². The van der Waals surface area contributed by atoms with E-state index >= 15 is 0 Å². The first-order valence-electron chi connectivity index (χ1n) is 5.41. The molecule has 0 unspecified atom stereocenters. The number of hydrogen-bond acceptors (Lipinski definition) is 4. The third-order valence-corrected chi connectivity index (χ3v) is 2.56. The van der Waals surface area contributed by atoms with Gasteiger partial charge in [-0.25, -0.2) is 4.52 Å². The van der Waals surface area contributed by atoms with Gasteiger partial charge in [0.2, 0.25) is 5.95 Å². The largest absolute Gasteiger partial charge is 0.467 e. The molecule has 0 saturated heterocycles. The number of rotatable bonds is 3. The first-order valence-corrected chi connectivity index (χ1v) is 5.41. The number of aromatic nitrogens is 3. The second-order valence-corrected chi connectivity index (χ2v) is 3.83. The van der Waals surface area contributed by atoms with Gasteiger partial charge in [-0.15, -0.1) is 5.10 Å². The summed E-state index contributed by atoms with van der Waals surface area (Å²) < 4.78 is 6.99. The second kappa shape index (κ2) is 3.93. The van der Waals surface area contributed by atoms with Crippen LogP contribution in [0.4, 0.5) is 5.95 Å². The van der Waals surface area contributed by atoms with Crippen molar-refractivity contribution in [1.29, 1.82) is 0 Å². The number of nitrogens with zero attached hydrogens (tertiary/aromatic N) is 3. The summed E-state index contributed by atoms with van der Waals surface area (Å²) in [5, 5.41) is 7.45. The molecule has 1 N–H and O–H groups in total. The molecule has 5 nitrogen and oxygen atoms in total. The summed E-state index contributed by atoms with van der Waals surface area (Å²) in [5.41, 5.74) is 1.97. The molecule has 3 aromatic heterocycles. The third-order valence-electron chi connectivity index (χ3n) is 2.56. The first-order chi connectivity index (χ1) is 8.33. The van der Waals surface area contributed by atoms with Crippen LogP contribution in [-0.4, -0.2) is 14.6 Å². The van der Waals surface area contributed by atoms with Crippen molar-refractivity contribution in [1.82, 2.24) is 14.6 Å². The molecule has 86 valence electrons. The molecule has 0 fully saturated rings. The summed E-state index contributed by atoms with van der Waals surface area (Å²) in [6, 6.07) is 7.74. The van der Waals surface area contributed by atoms with E-state index in [9.17, 15) is 0 Å². The van der Waals surface area contributed by atoms with Gasteiger partial charge >= 0.3 is 0 Å². The van der Waals surface area contributed by atoms with E-state index < -0.39 is 0 Å². The van der Waals surface area contributed by atoms with Gasteiger partial charge in [-0.05, 0) is 30.7 Å². The van der Waals surface area contributed by atoms with Gasteiger partial charge in [-0.3, -0.25) is 0 Å². The number of anilines is 1. The number of pyridine rings is 1. The van der Waals surface area contributed by atoms with E-state index in [1.807, 2.05) is 37.4 Å². The van der Waals surface area contributed by atoms with Gasteiger partial charge in [0.25, 0.3) is 0 Å². The summed E-state index contributed by atoms with van der Waals surface area (Å²) in [7, 11) is 0. The zero-order chi connectivity index (χ0) is 11.7. The smallest absolute Gasteiger partial charge is 0.243 e. The van der Waals surface area contributed by atoms with Crippen molar-refractivity contribution in [3.8, 4) is 0 Å². The lowest BCUT2D eigenvalue weighted by atomic mass is 10.3. The van der Waals surface area contributed by atoms with Gasteiger partial charge in [0.05, 0.1) is 12.8 Å². The molecule has 0 bridgehead atoms. The minimum Gasteiger partial charge on any atom is -0.467 e. The van der Waals surface area contributed by atoms with E-state index in [0.29, 0.717) is 12.5 Å². The van der Waals surface area contributed by atoms with Gasteiger partial charge < -0.3 is 9.73 Å². The predicted octanol–water partition coefficient (Wildman–Crippen LogP) is 2.24. The summed E-state index contributed by atoms with van der Waals surface area (Å²) in [6.07, 6.45) is 3.53. The molecule has 3 aromatic rings. The maximum Gasteiger partial charge on any atom is 0.243 e. The van der Waals surface area contributed by atoms with Gasteiger partial charge in [0.15, 0.2) is 5.65 Å². The van der Waals surface area contributed by atoms with Crippen LogP contribution in [0.2, 0.25) is 0 Å². The molecule has 3 heterocycles. The Hall–Kier alpha value is -2.30. The quantitative estimate of drug-likeness (QED) is 0.747. The summed E-state index contributed by atoms with van der Waals surface area (Å²) in [5.74, 6) is 1.47. The molecule has 3 rings (SSSR count). The molecular weight excluding hydrogens is 216 g/mol. The van der Waals surface area contributed by atoms with Crippen LogP contribution >= 0.6 is 0 Å². The molecule has 0 aliphatic heterocycles. The first kappa shape index (κ1) is 9.89. The molecule has 0 aromatic carbocycles. The van der Waals surface area contributed by atoms with Gasteiger partial charge in [-0.2, -0.15) is 4.98 Å². The van der Waals surface area contributed by atoms with Gasteiger partial charge in [0.1, 0.15) is 5.76 Å². The molecule has 0 saturated carbocycles. The van der Waals surface area contributed by atoms with Crippen LogP contribution in [0, 0.1) is 6.92 Å². The lowest BCUT2D eigenvalue weighted by Gasteiger charge is -1.96. The highest BCUT2D eigenvalue weighted by atomic mass is 16.3. The van der Waals surface area contributed by atoms with E-state index in [-0.39, 0.29) is 0 Å². The zero-order valence-corrected chi connectivity index (χ0v) is 9.42. The Morgan fingerprint density at radius 1 is 1.35 bits per heavy atom. The van der Waals surface area contributed by atoms with Gasteiger partial charge in [-0.1, -0.05) is 6.07 Å². The highest BCUT2D eigenvalue weighted by molar-refractivity contribution is 5.49. The molecule has 0 spiro atoms. The van der Waals surface area contributed by atoms with Gasteiger partial charge in [0, 0.05) is 6.20 Å². The fourth-order valence-corrected chi connectivity index (χ4v) is 1.69. The number of hydrogen-bond donors (Lipinski definition) is 1. The van der Waals surface area contributed by atoms with Crippen molar-refractivity contribution < 1.29 is 4.42 Å². The van der Waals surface area contributed by atoms with Crippen LogP contribution in [0.5, 0.6) is 0 Å². The molecular formula is C12H12N4O. The average Bonchev–Trinajstić information content (AvgIpc) is 2.95. The van der Waals surface area contributed by atoms with Crippen molar-refractivity contribution in [3.63, 3.8) is 0 Å². The van der Waals surface area contributed by atoms with E-state index in [4.69, 9.17) is 4.42 Å². The highest BCUT2D eigenvalue weighted by Crippen LogP contribution is 2.10. The van der Waals surface area contributed by atoms with Crippen molar-refractivity contribution >= 4 is 11.6 Å². The van der Waals surface area contributed by atoms with E-state index in [2.05, 4.69) is 15.4 Å². The minimum atomic E-state index is 0.586. The molecule has 0 aliphatic rings. The maximum absolute atomic E-state index is 5.23. The Kier molecular flexibility index (Phi) is 2.29. The van der Waals surface area contributed by atoms with Crippen LogP contribution < -0.4 is 5.32 Å². The lowest BCUT2D eigenvalue weighted by molar-refractivity contribution is 0.517.